The molecule has 3 aromatic carbocycles. The van der Waals surface area contributed by atoms with Crippen molar-refractivity contribution in [1.82, 2.24) is 0 Å². The quantitative estimate of drug-likeness (QED) is 0.377. The highest BCUT2D eigenvalue weighted by Crippen LogP contribution is 2.42. The van der Waals surface area contributed by atoms with Crippen LogP contribution in [-0.2, 0) is 4.79 Å². The number of furan rings is 1. The van der Waals surface area contributed by atoms with Gasteiger partial charge in [-0.25, -0.2) is 0 Å². The van der Waals surface area contributed by atoms with E-state index in [-0.39, 0.29) is 11.3 Å². The fourth-order valence-corrected chi connectivity index (χ4v) is 4.22. The van der Waals surface area contributed by atoms with E-state index in [0.717, 1.165) is 0 Å². The number of methoxy groups -OCH3 is 1. The second-order valence-corrected chi connectivity index (χ2v) is 7.98. The van der Waals surface area contributed by atoms with Crippen LogP contribution in [0.1, 0.15) is 22.2 Å². The summed E-state index contributed by atoms with van der Waals surface area (Å²) in [5, 5.41) is 12.0. The fraction of sp³-hybridized carbons (Fsp3) is 0.0769. The second-order valence-electron chi connectivity index (χ2n) is 7.55. The standard InChI is InChI=1S/C26H18ClNO5/c1-32-19-9-5-6-16-14-20(33-25(16)19)23(29)21-22(15-10-12-17(27)13-11-15)28(26(31)24(21)30)18-7-3-2-4-8-18/h2-14,22,30H,1H3. The predicted molar refractivity (Wildman–Crippen MR) is 125 cm³/mol. The molecule has 5 rings (SSSR count). The first-order valence-electron chi connectivity index (χ1n) is 10.2. The maximum Gasteiger partial charge on any atom is 0.294 e. The van der Waals surface area contributed by atoms with Gasteiger partial charge in [-0.05, 0) is 42.0 Å². The van der Waals surface area contributed by atoms with Crippen LogP contribution in [0, 0.1) is 0 Å². The minimum Gasteiger partial charge on any atom is -0.503 e. The van der Waals surface area contributed by atoms with Crippen molar-refractivity contribution >= 4 is 39.9 Å². The van der Waals surface area contributed by atoms with E-state index in [0.29, 0.717) is 33.0 Å². The van der Waals surface area contributed by atoms with E-state index >= 15 is 0 Å². The molecule has 0 saturated carbocycles. The second kappa shape index (κ2) is 8.15. The van der Waals surface area contributed by atoms with Gasteiger partial charge in [0.25, 0.3) is 5.91 Å². The SMILES string of the molecule is COc1cccc2cc(C(=O)C3=C(O)C(=O)N(c4ccccc4)C3c3ccc(Cl)cc3)oc12. The molecule has 0 bridgehead atoms. The molecule has 33 heavy (non-hydrogen) atoms. The number of aliphatic hydroxyl groups is 1. The van der Waals surface area contributed by atoms with E-state index in [1.165, 1.54) is 12.0 Å². The van der Waals surface area contributed by atoms with Crippen molar-refractivity contribution in [3.63, 3.8) is 0 Å². The van der Waals surface area contributed by atoms with Crippen molar-refractivity contribution in [2.45, 2.75) is 6.04 Å². The average Bonchev–Trinajstić information content (AvgIpc) is 3.39. The monoisotopic (exact) mass is 459 g/mol. The summed E-state index contributed by atoms with van der Waals surface area (Å²) in [6, 6.07) is 21.7. The molecule has 0 saturated heterocycles. The van der Waals surface area contributed by atoms with Crippen molar-refractivity contribution in [2.24, 2.45) is 0 Å². The zero-order valence-corrected chi connectivity index (χ0v) is 18.2. The normalized spacial score (nSPS) is 16.0. The van der Waals surface area contributed by atoms with Gasteiger partial charge in [-0.3, -0.25) is 14.5 Å². The summed E-state index contributed by atoms with van der Waals surface area (Å²) in [7, 11) is 1.51. The number of hydrogen-bond acceptors (Lipinski definition) is 5. The number of hydrogen-bond donors (Lipinski definition) is 1. The maximum absolute atomic E-state index is 13.6. The molecule has 1 aromatic heterocycles. The molecular weight excluding hydrogens is 442 g/mol. The van der Waals surface area contributed by atoms with Gasteiger partial charge in [0.15, 0.2) is 22.9 Å². The molecule has 1 amide bonds. The third-order valence-corrected chi connectivity index (χ3v) is 5.88. The van der Waals surface area contributed by atoms with E-state index in [1.807, 2.05) is 6.07 Å². The number of benzene rings is 3. The summed E-state index contributed by atoms with van der Waals surface area (Å²) < 4.78 is 11.1. The molecule has 1 atom stereocenters. The van der Waals surface area contributed by atoms with E-state index in [2.05, 4.69) is 0 Å². The van der Waals surface area contributed by atoms with Gasteiger partial charge in [0, 0.05) is 16.1 Å². The van der Waals surface area contributed by atoms with E-state index in [9.17, 15) is 14.7 Å². The summed E-state index contributed by atoms with van der Waals surface area (Å²) in [4.78, 5) is 28.2. The van der Waals surface area contributed by atoms with Gasteiger partial charge in [0.1, 0.15) is 0 Å². The zero-order chi connectivity index (χ0) is 23.1. The number of fused-ring (bicyclic) bond motifs is 1. The van der Waals surface area contributed by atoms with Gasteiger partial charge in [0.05, 0.1) is 18.7 Å². The molecule has 6 nitrogen and oxygen atoms in total. The Kier molecular flexibility index (Phi) is 5.15. The first kappa shape index (κ1) is 20.8. The lowest BCUT2D eigenvalue weighted by Gasteiger charge is -2.26. The van der Waals surface area contributed by atoms with E-state index in [1.54, 1.807) is 72.8 Å². The zero-order valence-electron chi connectivity index (χ0n) is 17.5. The number of ketones is 1. The smallest absolute Gasteiger partial charge is 0.294 e. The van der Waals surface area contributed by atoms with Crippen molar-refractivity contribution < 1.29 is 23.8 Å². The molecule has 1 N–H and O–H groups in total. The minimum absolute atomic E-state index is 0.00211. The number of carbonyl (C=O) groups excluding carboxylic acids is 2. The number of nitrogens with zero attached hydrogens (tertiary/aromatic N) is 1. The Bertz CT molecular complexity index is 1410. The molecule has 0 radical (unpaired) electrons. The summed E-state index contributed by atoms with van der Waals surface area (Å²) >= 11 is 6.06. The van der Waals surface area contributed by atoms with Gasteiger partial charge < -0.3 is 14.3 Å². The van der Waals surface area contributed by atoms with Gasteiger partial charge in [-0.15, -0.1) is 0 Å². The number of amides is 1. The summed E-state index contributed by atoms with van der Waals surface area (Å²) in [6.45, 7) is 0. The van der Waals surface area contributed by atoms with Crippen LogP contribution in [0.15, 0.2) is 94.6 Å². The van der Waals surface area contributed by atoms with Crippen LogP contribution in [0.5, 0.6) is 5.75 Å². The third kappa shape index (κ3) is 3.45. The largest absolute Gasteiger partial charge is 0.503 e. The molecule has 4 aromatic rings. The number of carbonyl (C=O) groups is 2. The first-order valence-corrected chi connectivity index (χ1v) is 10.6. The van der Waals surface area contributed by atoms with Crippen molar-refractivity contribution in [3.05, 3.63) is 107 Å². The van der Waals surface area contributed by atoms with Crippen LogP contribution < -0.4 is 9.64 Å². The maximum atomic E-state index is 13.6. The van der Waals surface area contributed by atoms with Crippen molar-refractivity contribution in [2.75, 3.05) is 12.0 Å². The highest BCUT2D eigenvalue weighted by atomic mass is 35.5. The van der Waals surface area contributed by atoms with Gasteiger partial charge >= 0.3 is 0 Å². The summed E-state index contributed by atoms with van der Waals surface area (Å²) in [6.07, 6.45) is 0. The average molecular weight is 460 g/mol. The molecule has 164 valence electrons. The molecule has 0 fully saturated rings. The molecule has 1 unspecified atom stereocenters. The molecule has 2 heterocycles. The molecular formula is C26H18ClNO5. The highest BCUT2D eigenvalue weighted by Gasteiger charge is 2.45. The Morgan fingerprint density at radius 2 is 1.76 bits per heavy atom. The first-order chi connectivity index (χ1) is 16.0. The van der Waals surface area contributed by atoms with Gasteiger partial charge in [-0.2, -0.15) is 0 Å². The van der Waals surface area contributed by atoms with Crippen LogP contribution in [0.2, 0.25) is 5.02 Å². The van der Waals surface area contributed by atoms with E-state index < -0.39 is 23.5 Å². The number of para-hydroxylation sites is 2. The summed E-state index contributed by atoms with van der Waals surface area (Å²) in [5.41, 5.74) is 1.51. The highest BCUT2D eigenvalue weighted by molar-refractivity contribution is 6.30. The van der Waals surface area contributed by atoms with Gasteiger partial charge in [-0.1, -0.05) is 54.1 Å². The Labute approximate surface area is 194 Å². The van der Waals surface area contributed by atoms with Crippen molar-refractivity contribution in [1.29, 1.82) is 0 Å². The Morgan fingerprint density at radius 3 is 2.45 bits per heavy atom. The number of Topliss-reactive ketones (excluding diaryl/α,β-unsaturated/α-hetero) is 1. The lowest BCUT2D eigenvalue weighted by atomic mass is 9.94. The number of ether oxygens (including phenoxy) is 1. The molecule has 0 aliphatic carbocycles. The van der Waals surface area contributed by atoms with Crippen LogP contribution in [0.25, 0.3) is 11.0 Å². The van der Waals surface area contributed by atoms with Crippen LogP contribution in [-0.4, -0.2) is 23.9 Å². The Morgan fingerprint density at radius 1 is 1.03 bits per heavy atom. The Balaban J connectivity index is 1.66. The number of anilines is 1. The number of halogens is 1. The summed E-state index contributed by atoms with van der Waals surface area (Å²) in [5.74, 6) is -1.39. The van der Waals surface area contributed by atoms with Crippen LogP contribution in [0.3, 0.4) is 0 Å². The molecule has 7 heteroatoms. The van der Waals surface area contributed by atoms with Gasteiger partial charge in [0.2, 0.25) is 5.78 Å². The number of rotatable bonds is 5. The lowest BCUT2D eigenvalue weighted by molar-refractivity contribution is -0.117. The van der Waals surface area contributed by atoms with Crippen LogP contribution in [0.4, 0.5) is 5.69 Å². The van der Waals surface area contributed by atoms with E-state index in [4.69, 9.17) is 20.8 Å². The predicted octanol–water partition coefficient (Wildman–Crippen LogP) is 5.88. The minimum atomic E-state index is -0.861. The Hall–Kier alpha value is -4.03. The third-order valence-electron chi connectivity index (χ3n) is 5.62. The lowest BCUT2D eigenvalue weighted by Crippen LogP contribution is -2.30. The molecule has 1 aliphatic rings. The molecule has 1 aliphatic heterocycles. The van der Waals surface area contributed by atoms with Crippen LogP contribution >= 0.6 is 11.6 Å². The van der Waals surface area contributed by atoms with Crippen molar-refractivity contribution in [3.8, 4) is 5.75 Å². The number of aliphatic hydroxyl groups excluding tert-OH is 1. The fourth-order valence-electron chi connectivity index (χ4n) is 4.09. The molecule has 0 spiro atoms. The topological polar surface area (TPSA) is 80.0 Å².